The first-order chi connectivity index (χ1) is 13.6. The van der Waals surface area contributed by atoms with Gasteiger partial charge in [-0.25, -0.2) is 0 Å². The van der Waals surface area contributed by atoms with Crippen molar-refractivity contribution in [1.82, 2.24) is 0 Å². The molecule has 0 unspecified atom stereocenters. The standard InChI is InChI=1S/C23H28N2O3/c1-3-5-6-10-22(26)24-19-8-7-9-20(17-19)25-23(27)16-13-18-11-14-21(15-12-18)28-4-2/h7-9,11-17H,3-6,10H2,1-2H3,(H,24,26)(H,25,27)/b16-13+. The average Bonchev–Trinajstić information content (AvgIpc) is 2.68. The van der Waals surface area contributed by atoms with Crippen LogP contribution in [0.5, 0.6) is 5.75 Å². The van der Waals surface area contributed by atoms with Crippen molar-refractivity contribution in [3.63, 3.8) is 0 Å². The molecule has 2 rings (SSSR count). The molecule has 0 bridgehead atoms. The van der Waals surface area contributed by atoms with Crippen LogP contribution in [0.1, 0.15) is 45.1 Å². The zero-order valence-corrected chi connectivity index (χ0v) is 16.5. The molecule has 28 heavy (non-hydrogen) atoms. The topological polar surface area (TPSA) is 67.4 Å². The summed E-state index contributed by atoms with van der Waals surface area (Å²) in [7, 11) is 0. The molecule has 0 saturated heterocycles. The minimum atomic E-state index is -0.236. The van der Waals surface area contributed by atoms with Crippen LogP contribution in [-0.2, 0) is 9.59 Å². The van der Waals surface area contributed by atoms with Gasteiger partial charge in [-0.1, -0.05) is 38.0 Å². The minimum Gasteiger partial charge on any atom is -0.494 e. The molecule has 5 heteroatoms. The van der Waals surface area contributed by atoms with Gasteiger partial charge in [-0.2, -0.15) is 0 Å². The number of carbonyl (C=O) groups excluding carboxylic acids is 2. The maximum Gasteiger partial charge on any atom is 0.248 e. The fourth-order valence-corrected chi connectivity index (χ4v) is 2.63. The number of rotatable bonds is 10. The lowest BCUT2D eigenvalue weighted by Crippen LogP contribution is -2.12. The van der Waals surface area contributed by atoms with Gasteiger partial charge in [-0.3, -0.25) is 9.59 Å². The second kappa shape index (κ2) is 11.6. The van der Waals surface area contributed by atoms with Crippen LogP contribution in [0.15, 0.2) is 54.6 Å². The highest BCUT2D eigenvalue weighted by molar-refractivity contribution is 6.02. The Hall–Kier alpha value is -3.08. The van der Waals surface area contributed by atoms with Gasteiger partial charge < -0.3 is 15.4 Å². The fraction of sp³-hybridized carbons (Fsp3) is 0.304. The number of unbranched alkanes of at least 4 members (excludes halogenated alkanes) is 2. The third kappa shape index (κ3) is 7.66. The maximum absolute atomic E-state index is 12.2. The van der Waals surface area contributed by atoms with E-state index in [1.807, 2.05) is 37.3 Å². The second-order valence-electron chi connectivity index (χ2n) is 6.41. The molecule has 5 nitrogen and oxygen atoms in total. The zero-order chi connectivity index (χ0) is 20.2. The Morgan fingerprint density at radius 2 is 1.68 bits per heavy atom. The highest BCUT2D eigenvalue weighted by atomic mass is 16.5. The average molecular weight is 380 g/mol. The Morgan fingerprint density at radius 3 is 2.36 bits per heavy atom. The number of nitrogens with one attached hydrogen (secondary N) is 2. The number of benzene rings is 2. The van der Waals surface area contributed by atoms with E-state index in [0.717, 1.165) is 30.6 Å². The van der Waals surface area contributed by atoms with Crippen LogP contribution in [-0.4, -0.2) is 18.4 Å². The molecular weight excluding hydrogens is 352 g/mol. The van der Waals surface area contributed by atoms with Crippen molar-refractivity contribution in [2.24, 2.45) is 0 Å². The molecule has 0 spiro atoms. The van der Waals surface area contributed by atoms with Crippen LogP contribution in [0, 0.1) is 0 Å². The predicted octanol–water partition coefficient (Wildman–Crippen LogP) is 5.26. The Bertz CT molecular complexity index is 798. The molecule has 0 aliphatic rings. The normalized spacial score (nSPS) is 10.6. The summed E-state index contributed by atoms with van der Waals surface area (Å²) in [5.74, 6) is 0.560. The van der Waals surface area contributed by atoms with Crippen molar-refractivity contribution in [2.45, 2.75) is 39.5 Å². The molecule has 0 fully saturated rings. The lowest BCUT2D eigenvalue weighted by Gasteiger charge is -2.08. The molecule has 2 N–H and O–H groups in total. The summed E-state index contributed by atoms with van der Waals surface area (Å²) >= 11 is 0. The van der Waals surface area contributed by atoms with Crippen LogP contribution < -0.4 is 15.4 Å². The lowest BCUT2D eigenvalue weighted by atomic mass is 10.2. The molecular formula is C23H28N2O3. The number of anilines is 2. The van der Waals surface area contributed by atoms with E-state index in [1.165, 1.54) is 6.08 Å². The first-order valence-corrected chi connectivity index (χ1v) is 9.72. The third-order valence-corrected chi connectivity index (χ3v) is 4.04. The largest absolute Gasteiger partial charge is 0.494 e. The molecule has 0 aromatic heterocycles. The Labute approximate surface area is 166 Å². The van der Waals surface area contributed by atoms with E-state index >= 15 is 0 Å². The molecule has 0 atom stereocenters. The van der Waals surface area contributed by atoms with Crippen molar-refractivity contribution in [3.8, 4) is 5.75 Å². The van der Waals surface area contributed by atoms with Gasteiger partial charge in [0, 0.05) is 23.9 Å². The number of ether oxygens (including phenoxy) is 1. The summed E-state index contributed by atoms with van der Waals surface area (Å²) in [6, 6.07) is 14.7. The summed E-state index contributed by atoms with van der Waals surface area (Å²) in [5, 5.41) is 5.68. The third-order valence-electron chi connectivity index (χ3n) is 4.04. The SMILES string of the molecule is CCCCCC(=O)Nc1cccc(NC(=O)/C=C/c2ccc(OCC)cc2)c1. The van der Waals surface area contributed by atoms with E-state index in [4.69, 9.17) is 4.74 Å². The smallest absolute Gasteiger partial charge is 0.248 e. The zero-order valence-electron chi connectivity index (χ0n) is 16.5. The van der Waals surface area contributed by atoms with Crippen LogP contribution in [0.25, 0.3) is 6.08 Å². The van der Waals surface area contributed by atoms with Gasteiger partial charge in [-0.05, 0) is 55.3 Å². The van der Waals surface area contributed by atoms with Crippen molar-refractivity contribution in [3.05, 3.63) is 60.2 Å². The van der Waals surface area contributed by atoms with Gasteiger partial charge in [0.05, 0.1) is 6.61 Å². The first-order valence-electron chi connectivity index (χ1n) is 9.72. The van der Waals surface area contributed by atoms with E-state index in [9.17, 15) is 9.59 Å². The van der Waals surface area contributed by atoms with E-state index in [1.54, 1.807) is 24.3 Å². The maximum atomic E-state index is 12.2. The Balaban J connectivity index is 1.88. The highest BCUT2D eigenvalue weighted by Crippen LogP contribution is 2.16. The molecule has 2 amide bonds. The van der Waals surface area contributed by atoms with Gasteiger partial charge in [0.15, 0.2) is 0 Å². The molecule has 0 saturated carbocycles. The van der Waals surface area contributed by atoms with E-state index in [2.05, 4.69) is 17.6 Å². The van der Waals surface area contributed by atoms with Gasteiger partial charge in [0.25, 0.3) is 0 Å². The number of amides is 2. The minimum absolute atomic E-state index is 0.00711. The summed E-state index contributed by atoms with van der Waals surface area (Å²) in [4.78, 5) is 24.1. The summed E-state index contributed by atoms with van der Waals surface area (Å²) in [5.41, 5.74) is 2.22. The quantitative estimate of drug-likeness (QED) is 0.437. The Kier molecular flexibility index (Phi) is 8.79. The van der Waals surface area contributed by atoms with Crippen molar-refractivity contribution < 1.29 is 14.3 Å². The van der Waals surface area contributed by atoms with E-state index in [0.29, 0.717) is 24.4 Å². The first kappa shape index (κ1) is 21.2. The van der Waals surface area contributed by atoms with E-state index in [-0.39, 0.29) is 11.8 Å². The molecule has 2 aromatic rings. The van der Waals surface area contributed by atoms with E-state index < -0.39 is 0 Å². The van der Waals surface area contributed by atoms with Crippen LogP contribution >= 0.6 is 0 Å². The van der Waals surface area contributed by atoms with Crippen LogP contribution in [0.2, 0.25) is 0 Å². The summed E-state index contributed by atoms with van der Waals surface area (Å²) in [6.07, 6.45) is 6.74. The Morgan fingerprint density at radius 1 is 0.964 bits per heavy atom. The second-order valence-corrected chi connectivity index (χ2v) is 6.41. The van der Waals surface area contributed by atoms with Gasteiger partial charge in [0.1, 0.15) is 5.75 Å². The highest BCUT2D eigenvalue weighted by Gasteiger charge is 2.04. The van der Waals surface area contributed by atoms with Gasteiger partial charge in [-0.15, -0.1) is 0 Å². The molecule has 148 valence electrons. The van der Waals surface area contributed by atoms with Gasteiger partial charge >= 0.3 is 0 Å². The van der Waals surface area contributed by atoms with Gasteiger partial charge in [0.2, 0.25) is 11.8 Å². The predicted molar refractivity (Wildman–Crippen MR) is 114 cm³/mol. The van der Waals surface area contributed by atoms with Crippen molar-refractivity contribution in [1.29, 1.82) is 0 Å². The molecule has 0 heterocycles. The monoisotopic (exact) mass is 380 g/mol. The fourth-order valence-electron chi connectivity index (χ4n) is 2.63. The number of carbonyl (C=O) groups is 2. The summed E-state index contributed by atoms with van der Waals surface area (Å²) < 4.78 is 5.40. The van der Waals surface area contributed by atoms with Crippen LogP contribution in [0.3, 0.4) is 0 Å². The molecule has 0 aliphatic heterocycles. The molecule has 0 aliphatic carbocycles. The molecule has 0 radical (unpaired) electrons. The van der Waals surface area contributed by atoms with Crippen molar-refractivity contribution >= 4 is 29.3 Å². The summed E-state index contributed by atoms with van der Waals surface area (Å²) in [6.45, 7) is 4.66. The van der Waals surface area contributed by atoms with Crippen LogP contribution in [0.4, 0.5) is 11.4 Å². The number of hydrogen-bond donors (Lipinski definition) is 2. The molecule has 2 aromatic carbocycles. The van der Waals surface area contributed by atoms with Crippen molar-refractivity contribution in [2.75, 3.05) is 17.2 Å². The number of hydrogen-bond acceptors (Lipinski definition) is 3. The lowest BCUT2D eigenvalue weighted by molar-refractivity contribution is -0.116.